The predicted molar refractivity (Wildman–Crippen MR) is 55.7 cm³/mol. The van der Waals surface area contributed by atoms with E-state index in [9.17, 15) is 18.0 Å². The molecular formula is C10H10F3N3O2. The number of alkyl halides is 3. The van der Waals surface area contributed by atoms with Crippen LogP contribution in [0.2, 0.25) is 0 Å². The van der Waals surface area contributed by atoms with Crippen LogP contribution >= 0.6 is 0 Å². The van der Waals surface area contributed by atoms with E-state index in [2.05, 4.69) is 15.1 Å². The molecule has 0 unspecified atom stereocenters. The third-order valence-electron chi connectivity index (χ3n) is 1.84. The van der Waals surface area contributed by atoms with Gasteiger partial charge in [-0.25, -0.2) is 5.01 Å². The smallest absolute Gasteiger partial charge is 0.418 e. The van der Waals surface area contributed by atoms with Crippen molar-refractivity contribution in [3.63, 3.8) is 0 Å². The van der Waals surface area contributed by atoms with Gasteiger partial charge in [0.2, 0.25) is 0 Å². The lowest BCUT2D eigenvalue weighted by molar-refractivity contribution is -0.137. The molecule has 0 heterocycles. The van der Waals surface area contributed by atoms with Gasteiger partial charge in [0.25, 0.3) is 6.47 Å². The van der Waals surface area contributed by atoms with Gasteiger partial charge in [0.1, 0.15) is 0 Å². The van der Waals surface area contributed by atoms with E-state index in [1.54, 1.807) is 0 Å². The monoisotopic (exact) mass is 261 g/mol. The fourth-order valence-corrected chi connectivity index (χ4v) is 1.09. The molecule has 0 N–H and O–H groups in total. The lowest BCUT2D eigenvalue weighted by Crippen LogP contribution is -2.14. The number of ether oxygens (including phenoxy) is 1. The van der Waals surface area contributed by atoms with Gasteiger partial charge in [0.05, 0.1) is 11.3 Å². The van der Waals surface area contributed by atoms with Crippen molar-refractivity contribution < 1.29 is 22.7 Å². The molecule has 0 aliphatic carbocycles. The highest BCUT2D eigenvalue weighted by Gasteiger charge is 2.33. The van der Waals surface area contributed by atoms with E-state index in [1.807, 2.05) is 0 Å². The van der Waals surface area contributed by atoms with Gasteiger partial charge in [-0.3, -0.25) is 4.79 Å². The summed E-state index contributed by atoms with van der Waals surface area (Å²) in [6.45, 7) is 0.0108. The Labute approximate surface area is 101 Å². The minimum Gasteiger partial charge on any atom is -0.445 e. The third kappa shape index (κ3) is 4.04. The minimum atomic E-state index is -4.49. The lowest BCUT2D eigenvalue weighted by atomic mass is 10.2. The summed E-state index contributed by atoms with van der Waals surface area (Å²) in [5.41, 5.74) is -1.18. The lowest BCUT2D eigenvalue weighted by Gasteiger charge is -2.11. The zero-order valence-electron chi connectivity index (χ0n) is 9.39. The number of hydrogen-bond acceptors (Lipinski definition) is 4. The maximum Gasteiger partial charge on any atom is 0.418 e. The normalized spacial score (nSPS) is 11.6. The summed E-state index contributed by atoms with van der Waals surface area (Å²) in [7, 11) is 1.41. The summed E-state index contributed by atoms with van der Waals surface area (Å²) in [6.07, 6.45) is -4.49. The third-order valence-corrected chi connectivity index (χ3v) is 1.84. The first-order chi connectivity index (χ1) is 8.45. The molecule has 1 aromatic carbocycles. The molecule has 0 spiro atoms. The average molecular weight is 261 g/mol. The van der Waals surface area contributed by atoms with Crippen molar-refractivity contribution >= 4 is 12.2 Å². The zero-order chi connectivity index (χ0) is 13.6. The van der Waals surface area contributed by atoms with Gasteiger partial charge >= 0.3 is 6.18 Å². The molecule has 0 atom stereocenters. The van der Waals surface area contributed by atoms with Crippen molar-refractivity contribution in [3.8, 4) is 0 Å². The van der Waals surface area contributed by atoms with Crippen molar-refractivity contribution in [1.29, 1.82) is 0 Å². The maximum absolute atomic E-state index is 12.6. The van der Waals surface area contributed by atoms with Crippen molar-refractivity contribution in [3.05, 3.63) is 29.8 Å². The summed E-state index contributed by atoms with van der Waals surface area (Å²) >= 11 is 0. The van der Waals surface area contributed by atoms with E-state index in [4.69, 9.17) is 0 Å². The number of rotatable bonds is 5. The van der Waals surface area contributed by atoms with Crippen LogP contribution < -0.4 is 0 Å². The zero-order valence-corrected chi connectivity index (χ0v) is 9.39. The Bertz CT molecular complexity index is 435. The van der Waals surface area contributed by atoms with Gasteiger partial charge in [0.15, 0.2) is 6.73 Å². The largest absolute Gasteiger partial charge is 0.445 e. The quantitative estimate of drug-likeness (QED) is 0.354. The number of benzene rings is 1. The molecule has 18 heavy (non-hydrogen) atoms. The van der Waals surface area contributed by atoms with Crippen molar-refractivity contribution in [2.45, 2.75) is 6.18 Å². The first kappa shape index (κ1) is 13.9. The minimum absolute atomic E-state index is 0.193. The molecule has 0 amide bonds. The van der Waals surface area contributed by atoms with Crippen LogP contribution in [0.5, 0.6) is 0 Å². The van der Waals surface area contributed by atoms with E-state index in [0.717, 1.165) is 11.1 Å². The van der Waals surface area contributed by atoms with E-state index >= 15 is 0 Å². The van der Waals surface area contributed by atoms with Crippen LogP contribution in [-0.4, -0.2) is 25.3 Å². The van der Waals surface area contributed by atoms with Gasteiger partial charge in [-0.05, 0) is 12.1 Å². The highest BCUT2D eigenvalue weighted by molar-refractivity contribution is 5.46. The molecule has 98 valence electrons. The second-order valence-electron chi connectivity index (χ2n) is 3.25. The Morgan fingerprint density at radius 1 is 1.39 bits per heavy atom. The SMILES string of the molecule is CN(COC=O)/N=N/c1ccccc1C(F)(F)F. The topological polar surface area (TPSA) is 54.3 Å². The fraction of sp³-hybridized carbons (Fsp3) is 0.300. The fourth-order valence-electron chi connectivity index (χ4n) is 1.09. The summed E-state index contributed by atoms with van der Waals surface area (Å²) in [6, 6.07) is 4.80. The van der Waals surface area contributed by atoms with Gasteiger partial charge in [-0.15, -0.1) is 5.11 Å². The van der Waals surface area contributed by atoms with Gasteiger partial charge in [-0.2, -0.15) is 13.2 Å². The predicted octanol–water partition coefficient (Wildman–Crippen LogP) is 2.77. The molecule has 0 aliphatic rings. The van der Waals surface area contributed by atoms with Crippen LogP contribution in [0.15, 0.2) is 34.6 Å². The van der Waals surface area contributed by atoms with E-state index in [-0.39, 0.29) is 18.9 Å². The van der Waals surface area contributed by atoms with Crippen LogP contribution in [0, 0.1) is 0 Å². The van der Waals surface area contributed by atoms with Crippen LogP contribution in [-0.2, 0) is 15.7 Å². The molecule has 0 saturated heterocycles. The summed E-state index contributed by atoms with van der Waals surface area (Å²) < 4.78 is 42.1. The Hall–Kier alpha value is -2.12. The molecule has 0 bridgehead atoms. The second-order valence-corrected chi connectivity index (χ2v) is 3.25. The average Bonchev–Trinajstić information content (AvgIpc) is 2.33. The summed E-state index contributed by atoms with van der Waals surface area (Å²) in [4.78, 5) is 9.90. The van der Waals surface area contributed by atoms with Gasteiger partial charge in [-0.1, -0.05) is 17.4 Å². The standard InChI is InChI=1S/C10H10F3N3O2/c1-16(6-18-7-17)15-14-9-5-3-2-4-8(9)10(11,12)13/h2-5,7H,6H2,1H3/b15-14+. The molecule has 1 aromatic rings. The highest BCUT2D eigenvalue weighted by atomic mass is 19.4. The number of hydrogen-bond donors (Lipinski definition) is 0. The first-order valence-corrected chi connectivity index (χ1v) is 4.79. The molecule has 0 aliphatic heterocycles. The van der Waals surface area contributed by atoms with E-state index in [1.165, 1.54) is 25.2 Å². The molecule has 0 saturated carbocycles. The van der Waals surface area contributed by atoms with E-state index in [0.29, 0.717) is 0 Å². The number of nitrogens with zero attached hydrogens (tertiary/aromatic N) is 3. The molecular weight excluding hydrogens is 251 g/mol. The van der Waals surface area contributed by atoms with Gasteiger partial charge < -0.3 is 4.74 Å². The Morgan fingerprint density at radius 3 is 2.67 bits per heavy atom. The van der Waals surface area contributed by atoms with Gasteiger partial charge in [0, 0.05) is 7.05 Å². The first-order valence-electron chi connectivity index (χ1n) is 4.79. The Kier molecular flexibility index (Phi) is 4.64. The van der Waals surface area contributed by atoms with Crippen LogP contribution in [0.4, 0.5) is 18.9 Å². The van der Waals surface area contributed by atoms with Crippen LogP contribution in [0.1, 0.15) is 5.56 Å². The Morgan fingerprint density at radius 2 is 2.06 bits per heavy atom. The van der Waals surface area contributed by atoms with E-state index < -0.39 is 11.7 Å². The highest BCUT2D eigenvalue weighted by Crippen LogP contribution is 2.36. The van der Waals surface area contributed by atoms with Crippen molar-refractivity contribution in [2.75, 3.05) is 13.8 Å². The summed E-state index contributed by atoms with van der Waals surface area (Å²) in [5.74, 6) is 0. The van der Waals surface area contributed by atoms with Crippen molar-refractivity contribution in [2.24, 2.45) is 10.3 Å². The number of halogens is 3. The maximum atomic E-state index is 12.6. The molecule has 0 fully saturated rings. The van der Waals surface area contributed by atoms with Crippen LogP contribution in [0.3, 0.4) is 0 Å². The van der Waals surface area contributed by atoms with Crippen LogP contribution in [0.25, 0.3) is 0 Å². The number of carbonyl (C=O) groups is 1. The van der Waals surface area contributed by atoms with Crippen molar-refractivity contribution in [1.82, 2.24) is 5.01 Å². The Balaban J connectivity index is 2.84. The molecule has 1 rings (SSSR count). The molecule has 0 aromatic heterocycles. The summed E-state index contributed by atoms with van der Waals surface area (Å²) in [5, 5.41) is 8.03. The molecule has 5 nitrogen and oxygen atoms in total. The molecule has 0 radical (unpaired) electrons. The molecule has 8 heteroatoms. The number of carbonyl (C=O) groups excluding carboxylic acids is 1. The second kappa shape index (κ2) is 5.99.